The Balaban J connectivity index is 3.45. The third kappa shape index (κ3) is 8.38. The number of amides is 1. The topological polar surface area (TPSA) is 55.1 Å². The van der Waals surface area contributed by atoms with Gasteiger partial charge in [0, 0.05) is 24.3 Å². The van der Waals surface area contributed by atoms with Crippen LogP contribution in [0.5, 0.6) is 0 Å². The first kappa shape index (κ1) is 13.8. The van der Waals surface area contributed by atoms with Gasteiger partial charge in [-0.05, 0) is 32.9 Å². The molecule has 3 N–H and O–H groups in total. The van der Waals surface area contributed by atoms with Gasteiger partial charge in [-0.3, -0.25) is 4.79 Å². The van der Waals surface area contributed by atoms with E-state index in [0.717, 1.165) is 18.6 Å². The van der Waals surface area contributed by atoms with Crippen molar-refractivity contribution >= 4 is 17.7 Å². The molecule has 0 aromatic heterocycles. The fourth-order valence-corrected chi connectivity index (χ4v) is 1.81. The smallest absolute Gasteiger partial charge is 0.220 e. The lowest BCUT2D eigenvalue weighted by atomic mass is 10.1. The second kappa shape index (κ2) is 8.12. The Labute approximate surface area is 91.2 Å². The second-order valence-electron chi connectivity index (χ2n) is 3.79. The van der Waals surface area contributed by atoms with Gasteiger partial charge >= 0.3 is 0 Å². The predicted octanol–water partition coefficient (Wildman–Crippen LogP) is 1.37. The largest absolute Gasteiger partial charge is 0.353 e. The Bertz CT molecular complexity index is 162. The van der Waals surface area contributed by atoms with E-state index in [4.69, 9.17) is 5.73 Å². The highest BCUT2D eigenvalue weighted by Gasteiger charge is 2.06. The molecule has 0 saturated carbocycles. The molecule has 0 aliphatic rings. The number of carbonyl (C=O) groups is 1. The van der Waals surface area contributed by atoms with Crippen LogP contribution in [0, 0.1) is 0 Å². The number of hydrogen-bond acceptors (Lipinski definition) is 3. The molecule has 0 spiro atoms. The van der Waals surface area contributed by atoms with Gasteiger partial charge in [0.25, 0.3) is 0 Å². The van der Waals surface area contributed by atoms with Crippen molar-refractivity contribution in [2.24, 2.45) is 5.73 Å². The number of carbonyl (C=O) groups excluding carboxylic acids is 1. The van der Waals surface area contributed by atoms with E-state index in [1.165, 1.54) is 0 Å². The van der Waals surface area contributed by atoms with Gasteiger partial charge < -0.3 is 11.1 Å². The Morgan fingerprint density at radius 2 is 2.14 bits per heavy atom. The van der Waals surface area contributed by atoms with Crippen LogP contribution in [-0.4, -0.2) is 30.0 Å². The van der Waals surface area contributed by atoms with Crippen LogP contribution in [0.1, 0.15) is 33.1 Å². The fraction of sp³-hybridized carbons (Fsp3) is 0.900. The summed E-state index contributed by atoms with van der Waals surface area (Å²) in [4.78, 5) is 11.3. The lowest BCUT2D eigenvalue weighted by Crippen LogP contribution is -2.34. The first-order valence-corrected chi connectivity index (χ1v) is 6.49. The van der Waals surface area contributed by atoms with Crippen molar-refractivity contribution in [3.8, 4) is 0 Å². The van der Waals surface area contributed by atoms with Gasteiger partial charge in [-0.15, -0.1) is 0 Å². The Morgan fingerprint density at radius 1 is 1.50 bits per heavy atom. The van der Waals surface area contributed by atoms with Crippen LogP contribution < -0.4 is 11.1 Å². The summed E-state index contributed by atoms with van der Waals surface area (Å²) in [5.41, 5.74) is 5.59. The summed E-state index contributed by atoms with van der Waals surface area (Å²) in [5, 5.41) is 2.95. The van der Waals surface area contributed by atoms with Gasteiger partial charge in [0.1, 0.15) is 0 Å². The minimum absolute atomic E-state index is 0.146. The minimum atomic E-state index is 0.146. The zero-order valence-electron chi connectivity index (χ0n) is 9.38. The Morgan fingerprint density at radius 3 is 2.64 bits per heavy atom. The molecule has 0 aliphatic carbocycles. The first-order chi connectivity index (χ1) is 6.56. The molecule has 4 heteroatoms. The summed E-state index contributed by atoms with van der Waals surface area (Å²) >= 11 is 1.75. The van der Waals surface area contributed by atoms with Crippen LogP contribution in [0.2, 0.25) is 0 Å². The number of rotatable bonds is 7. The maximum absolute atomic E-state index is 11.3. The van der Waals surface area contributed by atoms with E-state index in [9.17, 15) is 4.79 Å². The molecule has 1 amide bonds. The molecule has 0 aliphatic heterocycles. The highest BCUT2D eigenvalue weighted by atomic mass is 32.2. The molecule has 0 rings (SSSR count). The van der Waals surface area contributed by atoms with Crippen molar-refractivity contribution in [2.75, 3.05) is 12.0 Å². The maximum Gasteiger partial charge on any atom is 0.220 e. The van der Waals surface area contributed by atoms with Crippen molar-refractivity contribution in [3.05, 3.63) is 0 Å². The van der Waals surface area contributed by atoms with Crippen LogP contribution in [-0.2, 0) is 4.79 Å². The molecule has 84 valence electrons. The summed E-state index contributed by atoms with van der Waals surface area (Å²) in [7, 11) is 0. The molecule has 0 aromatic rings. The SMILES string of the molecule is CSCC(C)NC(=O)CCCC(C)N. The van der Waals surface area contributed by atoms with Gasteiger partial charge in [0.2, 0.25) is 5.91 Å². The Kier molecular flexibility index (Phi) is 7.99. The van der Waals surface area contributed by atoms with E-state index in [1.54, 1.807) is 11.8 Å². The van der Waals surface area contributed by atoms with E-state index in [0.29, 0.717) is 6.42 Å². The summed E-state index contributed by atoms with van der Waals surface area (Å²) in [6, 6.07) is 0.472. The summed E-state index contributed by atoms with van der Waals surface area (Å²) in [5.74, 6) is 1.12. The molecule has 0 aromatic carbocycles. The molecule has 0 fully saturated rings. The van der Waals surface area contributed by atoms with Gasteiger partial charge in [-0.25, -0.2) is 0 Å². The molecule has 2 atom stereocenters. The number of nitrogens with one attached hydrogen (secondary N) is 1. The van der Waals surface area contributed by atoms with Gasteiger partial charge in [-0.1, -0.05) is 0 Å². The van der Waals surface area contributed by atoms with Crippen molar-refractivity contribution in [1.82, 2.24) is 5.32 Å². The zero-order chi connectivity index (χ0) is 11.0. The molecule has 2 unspecified atom stereocenters. The van der Waals surface area contributed by atoms with E-state index < -0.39 is 0 Å². The molecule has 3 nitrogen and oxygen atoms in total. The highest BCUT2D eigenvalue weighted by Crippen LogP contribution is 2.00. The molecule has 0 heterocycles. The quantitative estimate of drug-likeness (QED) is 0.678. The average Bonchev–Trinajstić information content (AvgIpc) is 2.03. The maximum atomic E-state index is 11.3. The standard InChI is InChI=1S/C10H22N2OS/c1-8(11)5-4-6-10(13)12-9(2)7-14-3/h8-9H,4-7,11H2,1-3H3,(H,12,13). The third-order valence-corrected chi connectivity index (χ3v) is 2.72. The molecular weight excluding hydrogens is 196 g/mol. The van der Waals surface area contributed by atoms with Crippen LogP contribution >= 0.6 is 11.8 Å². The van der Waals surface area contributed by atoms with Crippen LogP contribution in [0.25, 0.3) is 0 Å². The summed E-state index contributed by atoms with van der Waals surface area (Å²) < 4.78 is 0. The van der Waals surface area contributed by atoms with Crippen LogP contribution in [0.15, 0.2) is 0 Å². The number of thioether (sulfide) groups is 1. The first-order valence-electron chi connectivity index (χ1n) is 5.10. The van der Waals surface area contributed by atoms with Crippen molar-refractivity contribution in [2.45, 2.75) is 45.2 Å². The van der Waals surface area contributed by atoms with Crippen LogP contribution in [0.4, 0.5) is 0 Å². The molecular formula is C10H22N2OS. The van der Waals surface area contributed by atoms with Crippen molar-refractivity contribution < 1.29 is 4.79 Å². The average molecular weight is 218 g/mol. The molecule has 0 bridgehead atoms. The van der Waals surface area contributed by atoms with E-state index in [-0.39, 0.29) is 18.0 Å². The normalized spacial score (nSPS) is 14.9. The Hall–Kier alpha value is -0.220. The van der Waals surface area contributed by atoms with Gasteiger partial charge in [-0.2, -0.15) is 11.8 Å². The zero-order valence-corrected chi connectivity index (χ0v) is 10.2. The molecule has 0 radical (unpaired) electrons. The fourth-order valence-electron chi connectivity index (χ4n) is 1.22. The van der Waals surface area contributed by atoms with E-state index in [1.807, 2.05) is 20.1 Å². The van der Waals surface area contributed by atoms with E-state index in [2.05, 4.69) is 5.32 Å². The highest BCUT2D eigenvalue weighted by molar-refractivity contribution is 7.98. The monoisotopic (exact) mass is 218 g/mol. The van der Waals surface area contributed by atoms with Gasteiger partial charge in [0.15, 0.2) is 0 Å². The molecule has 0 saturated heterocycles. The lowest BCUT2D eigenvalue weighted by molar-refractivity contribution is -0.121. The molecule has 14 heavy (non-hydrogen) atoms. The third-order valence-electron chi connectivity index (χ3n) is 1.89. The lowest BCUT2D eigenvalue weighted by Gasteiger charge is -2.12. The number of hydrogen-bond donors (Lipinski definition) is 2. The second-order valence-corrected chi connectivity index (χ2v) is 4.70. The minimum Gasteiger partial charge on any atom is -0.353 e. The number of nitrogens with two attached hydrogens (primary N) is 1. The van der Waals surface area contributed by atoms with Crippen molar-refractivity contribution in [1.29, 1.82) is 0 Å². The van der Waals surface area contributed by atoms with Gasteiger partial charge in [0.05, 0.1) is 0 Å². The van der Waals surface area contributed by atoms with Crippen LogP contribution in [0.3, 0.4) is 0 Å². The van der Waals surface area contributed by atoms with Crippen molar-refractivity contribution in [3.63, 3.8) is 0 Å². The summed E-state index contributed by atoms with van der Waals surface area (Å²) in [6.07, 6.45) is 4.44. The predicted molar refractivity (Wildman–Crippen MR) is 63.5 cm³/mol. The van der Waals surface area contributed by atoms with E-state index >= 15 is 0 Å². The summed E-state index contributed by atoms with van der Waals surface area (Å²) in [6.45, 7) is 3.99.